The minimum Gasteiger partial charge on any atom is -0.353 e. The Kier molecular flexibility index (Phi) is 5.48. The fourth-order valence-corrected chi connectivity index (χ4v) is 4.38. The number of thiophene rings is 1. The van der Waals surface area contributed by atoms with E-state index in [1.165, 1.54) is 0 Å². The average molecular weight is 416 g/mol. The highest BCUT2D eigenvalue weighted by Gasteiger charge is 2.27. The Morgan fingerprint density at radius 2 is 2.00 bits per heavy atom. The number of carbonyl (C=O) groups excluding carboxylic acids is 1. The maximum atomic E-state index is 12.7. The SMILES string of the molecule is Cc1ccc(Cl)cc1NC(=O)C(C)N1CCN(c2ncnc3sccc23)CC1. The number of anilines is 2. The van der Waals surface area contributed by atoms with Crippen LogP contribution in [0.2, 0.25) is 5.02 Å². The number of nitrogens with zero attached hydrogens (tertiary/aromatic N) is 4. The number of aromatic nitrogens is 2. The number of hydrogen-bond donors (Lipinski definition) is 1. The highest BCUT2D eigenvalue weighted by atomic mass is 35.5. The van der Waals surface area contributed by atoms with E-state index in [-0.39, 0.29) is 11.9 Å². The van der Waals surface area contributed by atoms with Crippen LogP contribution >= 0.6 is 22.9 Å². The molecule has 1 atom stereocenters. The first-order valence-electron chi connectivity index (χ1n) is 9.27. The van der Waals surface area contributed by atoms with Gasteiger partial charge in [-0.15, -0.1) is 11.3 Å². The number of rotatable bonds is 4. The summed E-state index contributed by atoms with van der Waals surface area (Å²) in [4.78, 5) is 27.0. The predicted octanol–water partition coefficient (Wildman–Crippen LogP) is 3.80. The van der Waals surface area contributed by atoms with Crippen LogP contribution in [0.4, 0.5) is 11.5 Å². The van der Waals surface area contributed by atoms with Gasteiger partial charge in [-0.25, -0.2) is 9.97 Å². The lowest BCUT2D eigenvalue weighted by atomic mass is 10.1. The van der Waals surface area contributed by atoms with Crippen molar-refractivity contribution < 1.29 is 4.79 Å². The molecule has 1 amide bonds. The van der Waals surface area contributed by atoms with Crippen molar-refractivity contribution in [2.45, 2.75) is 19.9 Å². The lowest BCUT2D eigenvalue weighted by molar-refractivity contribution is -0.120. The van der Waals surface area contributed by atoms with Gasteiger partial charge in [-0.05, 0) is 43.0 Å². The molecule has 0 radical (unpaired) electrons. The van der Waals surface area contributed by atoms with Crippen LogP contribution in [0.15, 0.2) is 36.0 Å². The maximum absolute atomic E-state index is 12.7. The Bertz CT molecular complexity index is 999. The third-order valence-corrected chi connectivity index (χ3v) is 6.29. The third-order valence-electron chi connectivity index (χ3n) is 5.24. The highest BCUT2D eigenvalue weighted by Crippen LogP contribution is 2.27. The Labute approximate surface area is 173 Å². The smallest absolute Gasteiger partial charge is 0.241 e. The molecule has 1 aliphatic rings. The van der Waals surface area contributed by atoms with Crippen molar-refractivity contribution in [3.05, 3.63) is 46.6 Å². The van der Waals surface area contributed by atoms with E-state index >= 15 is 0 Å². The highest BCUT2D eigenvalue weighted by molar-refractivity contribution is 7.16. The van der Waals surface area contributed by atoms with Crippen LogP contribution in [0.25, 0.3) is 10.2 Å². The molecule has 4 rings (SSSR count). The minimum atomic E-state index is -0.216. The molecular formula is C20H22ClN5OS. The van der Waals surface area contributed by atoms with Crippen LogP contribution in [-0.4, -0.2) is 53.0 Å². The summed E-state index contributed by atoms with van der Waals surface area (Å²) >= 11 is 7.69. The maximum Gasteiger partial charge on any atom is 0.241 e. The number of fused-ring (bicyclic) bond motifs is 1. The van der Waals surface area contributed by atoms with Crippen molar-refractivity contribution >= 4 is 50.6 Å². The van der Waals surface area contributed by atoms with Gasteiger partial charge in [0.25, 0.3) is 0 Å². The lowest BCUT2D eigenvalue weighted by Crippen LogP contribution is -2.53. The number of benzene rings is 1. The number of carbonyl (C=O) groups is 1. The number of halogens is 1. The summed E-state index contributed by atoms with van der Waals surface area (Å²) in [6.45, 7) is 7.18. The molecular weight excluding hydrogens is 394 g/mol. The average Bonchev–Trinajstić information content (AvgIpc) is 3.19. The number of piperazine rings is 1. The van der Waals surface area contributed by atoms with E-state index in [0.717, 1.165) is 53.5 Å². The second kappa shape index (κ2) is 8.03. The van der Waals surface area contributed by atoms with Crippen molar-refractivity contribution in [1.82, 2.24) is 14.9 Å². The molecule has 1 aliphatic heterocycles. The van der Waals surface area contributed by atoms with E-state index in [2.05, 4.69) is 31.2 Å². The van der Waals surface area contributed by atoms with Gasteiger partial charge in [0.05, 0.1) is 11.4 Å². The minimum absolute atomic E-state index is 0.0129. The first-order chi connectivity index (χ1) is 13.5. The van der Waals surface area contributed by atoms with Crippen molar-refractivity contribution in [3.63, 3.8) is 0 Å². The van der Waals surface area contributed by atoms with Gasteiger partial charge < -0.3 is 10.2 Å². The second-order valence-corrected chi connectivity index (χ2v) is 8.32. The first kappa shape index (κ1) is 19.1. The number of nitrogens with one attached hydrogen (secondary N) is 1. The molecule has 1 aromatic carbocycles. The normalized spacial score (nSPS) is 16.3. The molecule has 1 fully saturated rings. The van der Waals surface area contributed by atoms with Crippen LogP contribution < -0.4 is 10.2 Å². The molecule has 28 heavy (non-hydrogen) atoms. The van der Waals surface area contributed by atoms with Gasteiger partial charge in [-0.1, -0.05) is 17.7 Å². The zero-order valence-corrected chi connectivity index (χ0v) is 17.4. The van der Waals surface area contributed by atoms with Crippen LogP contribution in [0.3, 0.4) is 0 Å². The molecule has 3 aromatic rings. The van der Waals surface area contributed by atoms with Crippen LogP contribution in [0.5, 0.6) is 0 Å². The summed E-state index contributed by atoms with van der Waals surface area (Å²) in [6, 6.07) is 7.39. The summed E-state index contributed by atoms with van der Waals surface area (Å²) < 4.78 is 0. The number of amides is 1. The standard InChI is InChI=1S/C20H22ClN5OS/c1-13-3-4-15(21)11-17(13)24-19(27)14(2)25-6-8-26(9-7-25)18-16-5-10-28-20(16)23-12-22-18/h3-5,10-12,14H,6-9H2,1-2H3,(H,24,27). The van der Waals surface area contributed by atoms with Gasteiger partial charge in [0.15, 0.2) is 0 Å². The molecule has 1 saturated heterocycles. The Balaban J connectivity index is 1.39. The van der Waals surface area contributed by atoms with Crippen LogP contribution in [-0.2, 0) is 4.79 Å². The molecule has 0 spiro atoms. The van der Waals surface area contributed by atoms with Gasteiger partial charge in [-0.3, -0.25) is 9.69 Å². The molecule has 0 aliphatic carbocycles. The quantitative estimate of drug-likeness (QED) is 0.702. The molecule has 0 saturated carbocycles. The van der Waals surface area contributed by atoms with Crippen molar-refractivity contribution in [3.8, 4) is 0 Å². The van der Waals surface area contributed by atoms with E-state index < -0.39 is 0 Å². The lowest BCUT2D eigenvalue weighted by Gasteiger charge is -2.38. The zero-order chi connectivity index (χ0) is 19.7. The predicted molar refractivity (Wildman–Crippen MR) is 115 cm³/mol. The first-order valence-corrected chi connectivity index (χ1v) is 10.5. The van der Waals surface area contributed by atoms with E-state index in [4.69, 9.17) is 11.6 Å². The molecule has 0 bridgehead atoms. The number of hydrogen-bond acceptors (Lipinski definition) is 6. The molecule has 2 aromatic heterocycles. The topological polar surface area (TPSA) is 61.4 Å². The summed E-state index contributed by atoms with van der Waals surface area (Å²) in [5.41, 5.74) is 1.77. The van der Waals surface area contributed by atoms with E-state index in [1.807, 2.05) is 31.4 Å². The monoisotopic (exact) mass is 415 g/mol. The van der Waals surface area contributed by atoms with E-state index in [1.54, 1.807) is 23.7 Å². The van der Waals surface area contributed by atoms with E-state index in [9.17, 15) is 4.79 Å². The summed E-state index contributed by atoms with van der Waals surface area (Å²) in [7, 11) is 0. The van der Waals surface area contributed by atoms with Gasteiger partial charge in [0.1, 0.15) is 17.0 Å². The largest absolute Gasteiger partial charge is 0.353 e. The van der Waals surface area contributed by atoms with Gasteiger partial charge in [0.2, 0.25) is 5.91 Å². The molecule has 3 heterocycles. The van der Waals surface area contributed by atoms with Crippen LogP contribution in [0, 0.1) is 6.92 Å². The summed E-state index contributed by atoms with van der Waals surface area (Å²) in [5.74, 6) is 0.971. The Hall–Kier alpha value is -2.22. The van der Waals surface area contributed by atoms with Crippen molar-refractivity contribution in [2.24, 2.45) is 0 Å². The third kappa shape index (κ3) is 3.83. The van der Waals surface area contributed by atoms with Gasteiger partial charge in [-0.2, -0.15) is 0 Å². The fourth-order valence-electron chi connectivity index (χ4n) is 3.48. The summed E-state index contributed by atoms with van der Waals surface area (Å²) in [5, 5.41) is 6.78. The molecule has 146 valence electrons. The molecule has 1 unspecified atom stereocenters. The van der Waals surface area contributed by atoms with Crippen LogP contribution in [0.1, 0.15) is 12.5 Å². The van der Waals surface area contributed by atoms with Crippen molar-refractivity contribution in [2.75, 3.05) is 36.4 Å². The summed E-state index contributed by atoms with van der Waals surface area (Å²) in [6.07, 6.45) is 1.63. The van der Waals surface area contributed by atoms with Crippen molar-refractivity contribution in [1.29, 1.82) is 0 Å². The fraction of sp³-hybridized carbons (Fsp3) is 0.350. The second-order valence-electron chi connectivity index (χ2n) is 6.98. The van der Waals surface area contributed by atoms with Gasteiger partial charge in [0, 0.05) is 36.9 Å². The molecule has 6 nitrogen and oxygen atoms in total. The Morgan fingerprint density at radius 3 is 2.79 bits per heavy atom. The zero-order valence-electron chi connectivity index (χ0n) is 15.9. The van der Waals surface area contributed by atoms with E-state index in [0.29, 0.717) is 5.02 Å². The Morgan fingerprint density at radius 1 is 1.21 bits per heavy atom. The molecule has 8 heteroatoms. The molecule has 1 N–H and O–H groups in total. The van der Waals surface area contributed by atoms with Gasteiger partial charge >= 0.3 is 0 Å². The number of aryl methyl sites for hydroxylation is 1.